The molecule has 1 N–H and O–H groups in total. The fraction of sp³-hybridized carbons (Fsp3) is 0.500. The first-order chi connectivity index (χ1) is 12.2. The van der Waals surface area contributed by atoms with Gasteiger partial charge < -0.3 is 14.6 Å². The van der Waals surface area contributed by atoms with Gasteiger partial charge in [-0.05, 0) is 37.9 Å². The fourth-order valence-corrected chi connectivity index (χ4v) is 3.81. The molecule has 2 aromatic rings. The average Bonchev–Trinajstić information content (AvgIpc) is 3.23. The third-order valence-corrected chi connectivity index (χ3v) is 5.19. The standard InChI is InChI=1S/C18H22N4O3/c1-11-5-6-12(8-15(11)24-2)17-20-16(25-21-17)10-22-7-3-4-13-14(22)9-19-18(13)23/h5-6,8,13-14H,3-4,7,9-10H2,1-2H3,(H,19,23)/t13-,14-/m1/s1. The van der Waals surface area contributed by atoms with Gasteiger partial charge in [0.05, 0.1) is 19.6 Å². The van der Waals surface area contributed by atoms with E-state index >= 15 is 0 Å². The molecule has 132 valence electrons. The van der Waals surface area contributed by atoms with Crippen molar-refractivity contribution in [3.63, 3.8) is 0 Å². The Morgan fingerprint density at radius 2 is 2.32 bits per heavy atom. The van der Waals surface area contributed by atoms with Crippen LogP contribution in [0.3, 0.4) is 0 Å². The number of benzene rings is 1. The van der Waals surface area contributed by atoms with Crippen LogP contribution in [0.5, 0.6) is 5.75 Å². The lowest BCUT2D eigenvalue weighted by atomic mass is 9.91. The van der Waals surface area contributed by atoms with Crippen LogP contribution >= 0.6 is 0 Å². The number of likely N-dealkylation sites (tertiary alicyclic amines) is 1. The minimum absolute atomic E-state index is 0.0949. The summed E-state index contributed by atoms with van der Waals surface area (Å²) in [5, 5.41) is 7.07. The summed E-state index contributed by atoms with van der Waals surface area (Å²) in [7, 11) is 1.65. The highest BCUT2D eigenvalue weighted by atomic mass is 16.5. The molecular formula is C18H22N4O3. The van der Waals surface area contributed by atoms with Gasteiger partial charge in [-0.3, -0.25) is 9.69 Å². The molecule has 2 saturated heterocycles. The lowest BCUT2D eigenvalue weighted by molar-refractivity contribution is -0.124. The largest absolute Gasteiger partial charge is 0.496 e. The van der Waals surface area contributed by atoms with Crippen molar-refractivity contribution < 1.29 is 14.1 Å². The van der Waals surface area contributed by atoms with Crippen molar-refractivity contribution in [2.24, 2.45) is 5.92 Å². The smallest absolute Gasteiger partial charge is 0.241 e. The Balaban J connectivity index is 1.51. The highest BCUT2D eigenvalue weighted by Gasteiger charge is 2.41. The number of fused-ring (bicyclic) bond motifs is 1. The summed E-state index contributed by atoms with van der Waals surface area (Å²) in [6.07, 6.45) is 1.98. The lowest BCUT2D eigenvalue weighted by Crippen LogP contribution is -2.44. The van der Waals surface area contributed by atoms with Crippen molar-refractivity contribution in [1.29, 1.82) is 0 Å². The average molecular weight is 342 g/mol. The molecule has 25 heavy (non-hydrogen) atoms. The molecule has 1 aromatic carbocycles. The predicted molar refractivity (Wildman–Crippen MR) is 91.0 cm³/mol. The molecule has 7 heteroatoms. The van der Waals surface area contributed by atoms with Gasteiger partial charge in [0, 0.05) is 18.2 Å². The number of amides is 1. The Morgan fingerprint density at radius 3 is 3.16 bits per heavy atom. The second-order valence-corrected chi connectivity index (χ2v) is 6.73. The first-order valence-electron chi connectivity index (χ1n) is 8.65. The molecule has 0 aliphatic carbocycles. The monoisotopic (exact) mass is 342 g/mol. The first kappa shape index (κ1) is 16.1. The topological polar surface area (TPSA) is 80.5 Å². The van der Waals surface area contributed by atoms with E-state index in [0.29, 0.717) is 24.8 Å². The molecule has 2 aliphatic rings. The highest BCUT2D eigenvalue weighted by Crippen LogP contribution is 2.29. The molecule has 3 heterocycles. The molecule has 1 aromatic heterocycles. The van der Waals surface area contributed by atoms with Crippen LogP contribution in [0.4, 0.5) is 0 Å². The maximum Gasteiger partial charge on any atom is 0.241 e. The summed E-state index contributed by atoms with van der Waals surface area (Å²) in [5.74, 6) is 2.21. The molecule has 2 aliphatic heterocycles. The van der Waals surface area contributed by atoms with Crippen LogP contribution in [-0.2, 0) is 11.3 Å². The van der Waals surface area contributed by atoms with E-state index < -0.39 is 0 Å². The van der Waals surface area contributed by atoms with E-state index in [4.69, 9.17) is 9.26 Å². The van der Waals surface area contributed by atoms with E-state index in [9.17, 15) is 4.79 Å². The van der Waals surface area contributed by atoms with E-state index in [1.54, 1.807) is 7.11 Å². The van der Waals surface area contributed by atoms with Crippen molar-refractivity contribution in [3.05, 3.63) is 29.7 Å². The number of aryl methyl sites for hydroxylation is 1. The summed E-state index contributed by atoms with van der Waals surface area (Å²) in [4.78, 5) is 18.7. The number of nitrogens with zero attached hydrogens (tertiary/aromatic N) is 3. The third-order valence-electron chi connectivity index (χ3n) is 5.19. The number of ether oxygens (including phenoxy) is 1. The van der Waals surface area contributed by atoms with Gasteiger partial charge in [0.1, 0.15) is 5.75 Å². The molecule has 2 fully saturated rings. The number of piperidine rings is 1. The Bertz CT molecular complexity index is 788. The molecule has 2 atom stereocenters. The number of methoxy groups -OCH3 is 1. The van der Waals surface area contributed by atoms with E-state index in [-0.39, 0.29) is 17.9 Å². The second-order valence-electron chi connectivity index (χ2n) is 6.73. The van der Waals surface area contributed by atoms with E-state index in [2.05, 4.69) is 20.4 Å². The van der Waals surface area contributed by atoms with Crippen molar-refractivity contribution in [2.45, 2.75) is 32.4 Å². The zero-order valence-electron chi connectivity index (χ0n) is 14.5. The number of carbonyl (C=O) groups is 1. The number of rotatable bonds is 4. The minimum Gasteiger partial charge on any atom is -0.496 e. The number of hydrogen-bond donors (Lipinski definition) is 1. The van der Waals surface area contributed by atoms with Gasteiger partial charge >= 0.3 is 0 Å². The number of aromatic nitrogens is 2. The van der Waals surface area contributed by atoms with Crippen LogP contribution in [0.2, 0.25) is 0 Å². The quantitative estimate of drug-likeness (QED) is 0.912. The predicted octanol–water partition coefficient (Wildman–Crippen LogP) is 1.76. The Labute approximate surface area is 146 Å². The molecule has 0 unspecified atom stereocenters. The Kier molecular flexibility index (Phi) is 4.17. The second kappa shape index (κ2) is 6.48. The van der Waals surface area contributed by atoms with Crippen LogP contribution in [0.1, 0.15) is 24.3 Å². The van der Waals surface area contributed by atoms with Crippen molar-refractivity contribution in [1.82, 2.24) is 20.4 Å². The zero-order chi connectivity index (χ0) is 17.4. The van der Waals surface area contributed by atoms with Crippen molar-refractivity contribution >= 4 is 5.91 Å². The summed E-state index contributed by atoms with van der Waals surface area (Å²) >= 11 is 0. The first-order valence-corrected chi connectivity index (χ1v) is 8.65. The van der Waals surface area contributed by atoms with E-state index in [1.807, 2.05) is 25.1 Å². The summed E-state index contributed by atoms with van der Waals surface area (Å²) < 4.78 is 10.8. The van der Waals surface area contributed by atoms with Gasteiger partial charge in [-0.2, -0.15) is 4.98 Å². The summed E-state index contributed by atoms with van der Waals surface area (Å²) in [6.45, 7) is 4.23. The SMILES string of the molecule is COc1cc(-c2noc(CN3CCC[C@H]4C(=O)NC[C@H]43)n2)ccc1C. The van der Waals surface area contributed by atoms with Gasteiger partial charge in [0.2, 0.25) is 17.6 Å². The van der Waals surface area contributed by atoms with Gasteiger partial charge in [0.25, 0.3) is 0 Å². The summed E-state index contributed by atoms with van der Waals surface area (Å²) in [5.41, 5.74) is 1.93. The molecule has 0 radical (unpaired) electrons. The highest BCUT2D eigenvalue weighted by molar-refractivity contribution is 5.82. The maximum absolute atomic E-state index is 11.9. The van der Waals surface area contributed by atoms with Gasteiger partial charge in [-0.25, -0.2) is 0 Å². The number of carbonyl (C=O) groups excluding carboxylic acids is 1. The van der Waals surface area contributed by atoms with Crippen LogP contribution in [0, 0.1) is 12.8 Å². The Hall–Kier alpha value is -2.41. The van der Waals surface area contributed by atoms with Crippen LogP contribution in [0.15, 0.2) is 22.7 Å². The van der Waals surface area contributed by atoms with Gasteiger partial charge in [-0.1, -0.05) is 17.3 Å². The molecule has 4 rings (SSSR count). The van der Waals surface area contributed by atoms with Crippen LogP contribution in [-0.4, -0.2) is 47.2 Å². The number of nitrogens with one attached hydrogen (secondary N) is 1. The minimum atomic E-state index is 0.0949. The number of hydrogen-bond acceptors (Lipinski definition) is 6. The van der Waals surface area contributed by atoms with Crippen LogP contribution < -0.4 is 10.1 Å². The zero-order valence-corrected chi connectivity index (χ0v) is 14.5. The fourth-order valence-electron chi connectivity index (χ4n) is 3.81. The maximum atomic E-state index is 11.9. The lowest BCUT2D eigenvalue weighted by Gasteiger charge is -2.34. The van der Waals surface area contributed by atoms with Crippen LogP contribution in [0.25, 0.3) is 11.4 Å². The van der Waals surface area contributed by atoms with Crippen molar-refractivity contribution in [2.75, 3.05) is 20.2 Å². The molecular weight excluding hydrogens is 320 g/mol. The van der Waals surface area contributed by atoms with E-state index in [1.165, 1.54) is 0 Å². The van der Waals surface area contributed by atoms with Gasteiger partial charge in [0.15, 0.2) is 0 Å². The molecule has 1 amide bonds. The van der Waals surface area contributed by atoms with Crippen molar-refractivity contribution in [3.8, 4) is 17.1 Å². The third kappa shape index (κ3) is 3.00. The Morgan fingerprint density at radius 1 is 1.44 bits per heavy atom. The summed E-state index contributed by atoms with van der Waals surface area (Å²) in [6, 6.07) is 6.09. The molecule has 0 bridgehead atoms. The van der Waals surface area contributed by atoms with E-state index in [0.717, 1.165) is 36.3 Å². The normalized spacial score (nSPS) is 23.4. The molecule has 7 nitrogen and oxygen atoms in total. The van der Waals surface area contributed by atoms with Gasteiger partial charge in [-0.15, -0.1) is 0 Å². The molecule has 0 spiro atoms. The molecule has 0 saturated carbocycles.